The minimum Gasteiger partial charge on any atom is -0.458 e. The zero-order chi connectivity index (χ0) is 14.4. The zero-order valence-corrected chi connectivity index (χ0v) is 12.1. The Hall–Kier alpha value is -1.19. The SMILES string of the molecule is [CH2][C@H](N=CC(=O)OC1CCCC1)C(=O)C1CCCCC1. The maximum Gasteiger partial charge on any atom is 0.349 e. The van der Waals surface area contributed by atoms with E-state index in [1.807, 2.05) is 0 Å². The number of hydrogen-bond donors (Lipinski definition) is 0. The van der Waals surface area contributed by atoms with Crippen molar-refractivity contribution < 1.29 is 14.3 Å². The number of rotatable bonds is 5. The fraction of sp³-hybridized carbons (Fsp3) is 0.750. The van der Waals surface area contributed by atoms with Gasteiger partial charge in [0.1, 0.15) is 18.4 Å². The molecule has 2 aliphatic carbocycles. The minimum atomic E-state index is -0.672. The summed E-state index contributed by atoms with van der Waals surface area (Å²) < 4.78 is 5.26. The molecule has 0 aromatic rings. The van der Waals surface area contributed by atoms with Crippen LogP contribution in [0.4, 0.5) is 0 Å². The molecular formula is C16H24NO3. The molecule has 0 aromatic heterocycles. The Balaban J connectivity index is 1.76. The van der Waals surface area contributed by atoms with Crippen molar-refractivity contribution in [1.82, 2.24) is 0 Å². The highest BCUT2D eigenvalue weighted by Crippen LogP contribution is 2.25. The van der Waals surface area contributed by atoms with Gasteiger partial charge in [-0.1, -0.05) is 19.3 Å². The second-order valence-electron chi connectivity index (χ2n) is 5.87. The molecule has 1 radical (unpaired) electrons. The molecule has 0 spiro atoms. The van der Waals surface area contributed by atoms with Crippen LogP contribution < -0.4 is 0 Å². The maximum atomic E-state index is 12.1. The monoisotopic (exact) mass is 278 g/mol. The van der Waals surface area contributed by atoms with Gasteiger partial charge in [-0.25, -0.2) is 4.79 Å². The number of carbonyl (C=O) groups excluding carboxylic acids is 2. The highest BCUT2D eigenvalue weighted by Gasteiger charge is 2.25. The third kappa shape index (κ3) is 4.43. The molecule has 2 fully saturated rings. The summed E-state index contributed by atoms with van der Waals surface area (Å²) in [5.41, 5.74) is 0. The van der Waals surface area contributed by atoms with Crippen molar-refractivity contribution in [3.8, 4) is 0 Å². The summed E-state index contributed by atoms with van der Waals surface area (Å²) in [5.74, 6) is -0.300. The topological polar surface area (TPSA) is 55.7 Å². The number of Topliss-reactive ketones (excluding diaryl/α,β-unsaturated/α-hetero) is 1. The molecule has 1 atom stereocenters. The maximum absolute atomic E-state index is 12.1. The van der Waals surface area contributed by atoms with Crippen LogP contribution in [-0.2, 0) is 14.3 Å². The van der Waals surface area contributed by atoms with Gasteiger partial charge in [0.25, 0.3) is 0 Å². The number of esters is 1. The summed E-state index contributed by atoms with van der Waals surface area (Å²) in [5, 5.41) is 0. The summed E-state index contributed by atoms with van der Waals surface area (Å²) in [6.07, 6.45) is 10.6. The second kappa shape index (κ2) is 7.55. The Morgan fingerprint density at radius 3 is 2.30 bits per heavy atom. The molecule has 0 unspecified atom stereocenters. The molecule has 111 valence electrons. The molecule has 4 nitrogen and oxygen atoms in total. The van der Waals surface area contributed by atoms with Gasteiger partial charge in [0.15, 0.2) is 5.78 Å². The molecule has 2 rings (SSSR count). The van der Waals surface area contributed by atoms with Gasteiger partial charge in [-0.05, 0) is 45.4 Å². The Kier molecular flexibility index (Phi) is 5.74. The van der Waals surface area contributed by atoms with Crippen LogP contribution in [0.15, 0.2) is 4.99 Å². The standard InChI is InChI=1S/C16H24NO3/c1-12(16(19)13-7-3-2-4-8-13)17-11-15(18)20-14-9-5-6-10-14/h11-14H,1-10H2/t12-/m0/s1. The van der Waals surface area contributed by atoms with Crippen LogP contribution in [-0.4, -0.2) is 30.1 Å². The number of ether oxygens (including phenoxy) is 1. The van der Waals surface area contributed by atoms with Crippen LogP contribution >= 0.6 is 0 Å². The van der Waals surface area contributed by atoms with Gasteiger partial charge in [0.05, 0.1) is 0 Å². The molecule has 0 saturated heterocycles. The Morgan fingerprint density at radius 1 is 1.05 bits per heavy atom. The molecule has 0 heterocycles. The van der Waals surface area contributed by atoms with E-state index in [4.69, 9.17) is 4.74 Å². The van der Waals surface area contributed by atoms with Crippen molar-refractivity contribution >= 4 is 18.0 Å². The van der Waals surface area contributed by atoms with Crippen LogP contribution in [0.3, 0.4) is 0 Å². The predicted octanol–water partition coefficient (Wildman–Crippen LogP) is 2.90. The van der Waals surface area contributed by atoms with Crippen molar-refractivity contribution in [3.05, 3.63) is 6.92 Å². The molecule has 0 bridgehead atoms. The van der Waals surface area contributed by atoms with Crippen molar-refractivity contribution in [2.24, 2.45) is 10.9 Å². The normalized spacial score (nSPS) is 23.1. The van der Waals surface area contributed by atoms with Crippen molar-refractivity contribution in [3.63, 3.8) is 0 Å². The van der Waals surface area contributed by atoms with Gasteiger partial charge < -0.3 is 4.74 Å². The summed E-state index contributed by atoms with van der Waals surface area (Å²) in [6, 6.07) is -0.672. The Labute approximate surface area is 121 Å². The van der Waals surface area contributed by atoms with Crippen LogP contribution in [0.5, 0.6) is 0 Å². The lowest BCUT2D eigenvalue weighted by molar-refractivity contribution is -0.139. The highest BCUT2D eigenvalue weighted by molar-refractivity contribution is 6.23. The third-order valence-corrected chi connectivity index (χ3v) is 4.28. The van der Waals surface area contributed by atoms with Gasteiger partial charge in [-0.15, -0.1) is 0 Å². The first-order valence-electron chi connectivity index (χ1n) is 7.77. The largest absolute Gasteiger partial charge is 0.458 e. The van der Waals surface area contributed by atoms with E-state index >= 15 is 0 Å². The lowest BCUT2D eigenvalue weighted by Crippen LogP contribution is -2.27. The molecule has 2 aliphatic rings. The van der Waals surface area contributed by atoms with Crippen LogP contribution in [0.2, 0.25) is 0 Å². The van der Waals surface area contributed by atoms with E-state index in [9.17, 15) is 9.59 Å². The molecule has 2 saturated carbocycles. The molecular weight excluding hydrogens is 254 g/mol. The first-order valence-corrected chi connectivity index (χ1v) is 7.77. The van der Waals surface area contributed by atoms with E-state index < -0.39 is 12.0 Å². The van der Waals surface area contributed by atoms with Crippen LogP contribution in [0.1, 0.15) is 57.8 Å². The fourth-order valence-corrected chi connectivity index (χ4v) is 3.08. The van der Waals surface area contributed by atoms with E-state index in [1.54, 1.807) is 0 Å². The van der Waals surface area contributed by atoms with Crippen LogP contribution in [0, 0.1) is 12.8 Å². The van der Waals surface area contributed by atoms with Gasteiger partial charge >= 0.3 is 5.97 Å². The van der Waals surface area contributed by atoms with E-state index in [-0.39, 0.29) is 17.8 Å². The number of ketones is 1. The highest BCUT2D eigenvalue weighted by atomic mass is 16.5. The summed E-state index contributed by atoms with van der Waals surface area (Å²) in [7, 11) is 0. The van der Waals surface area contributed by atoms with Crippen molar-refractivity contribution in [2.75, 3.05) is 0 Å². The van der Waals surface area contributed by atoms with E-state index in [0.29, 0.717) is 0 Å². The molecule has 0 N–H and O–H groups in total. The quantitative estimate of drug-likeness (QED) is 0.574. The Bertz CT molecular complexity index is 366. The number of aliphatic imine (C=N–C) groups is 1. The fourth-order valence-electron chi connectivity index (χ4n) is 3.08. The average Bonchev–Trinajstić information content (AvgIpc) is 2.97. The van der Waals surface area contributed by atoms with Crippen molar-refractivity contribution in [1.29, 1.82) is 0 Å². The van der Waals surface area contributed by atoms with E-state index in [1.165, 1.54) is 6.42 Å². The molecule has 0 amide bonds. The van der Waals surface area contributed by atoms with Gasteiger partial charge in [0, 0.05) is 5.92 Å². The average molecular weight is 278 g/mol. The first kappa shape index (κ1) is 15.2. The van der Waals surface area contributed by atoms with Crippen molar-refractivity contribution in [2.45, 2.75) is 69.9 Å². The molecule has 0 aromatic carbocycles. The molecule has 20 heavy (non-hydrogen) atoms. The van der Waals surface area contributed by atoms with Gasteiger partial charge in [-0.3, -0.25) is 9.79 Å². The lowest BCUT2D eigenvalue weighted by atomic mass is 9.84. The third-order valence-electron chi connectivity index (χ3n) is 4.28. The zero-order valence-electron chi connectivity index (χ0n) is 12.1. The summed E-state index contributed by atoms with van der Waals surface area (Å²) >= 11 is 0. The summed E-state index contributed by atoms with van der Waals surface area (Å²) in [6.45, 7) is 3.76. The predicted molar refractivity (Wildman–Crippen MR) is 77.6 cm³/mol. The second-order valence-corrected chi connectivity index (χ2v) is 5.87. The Morgan fingerprint density at radius 2 is 1.65 bits per heavy atom. The lowest BCUT2D eigenvalue weighted by Gasteiger charge is -2.21. The van der Waals surface area contributed by atoms with Gasteiger partial charge in [0.2, 0.25) is 0 Å². The minimum absolute atomic E-state index is 0.0336. The molecule has 0 aliphatic heterocycles. The number of carbonyl (C=O) groups is 2. The number of nitrogens with zero attached hydrogens (tertiary/aromatic N) is 1. The van der Waals surface area contributed by atoms with Gasteiger partial charge in [-0.2, -0.15) is 0 Å². The van der Waals surface area contributed by atoms with E-state index in [2.05, 4.69) is 11.9 Å². The summed E-state index contributed by atoms with van der Waals surface area (Å²) in [4.78, 5) is 27.7. The van der Waals surface area contributed by atoms with Crippen LogP contribution in [0.25, 0.3) is 0 Å². The number of hydrogen-bond acceptors (Lipinski definition) is 4. The first-order chi connectivity index (χ1) is 9.66. The molecule has 4 heteroatoms. The van der Waals surface area contributed by atoms with E-state index in [0.717, 1.165) is 57.6 Å². The smallest absolute Gasteiger partial charge is 0.349 e.